The Kier molecular flexibility index (Phi) is 3.14. The van der Waals surface area contributed by atoms with Crippen molar-refractivity contribution in [2.45, 2.75) is 12.5 Å². The second kappa shape index (κ2) is 4.58. The number of rotatable bonds is 3. The molecule has 1 saturated heterocycles. The summed E-state index contributed by atoms with van der Waals surface area (Å²) in [6.45, 7) is 1.99. The van der Waals surface area contributed by atoms with Crippen LogP contribution in [0.1, 0.15) is 16.8 Å². The van der Waals surface area contributed by atoms with Gasteiger partial charge in [-0.15, -0.1) is 0 Å². The highest BCUT2D eigenvalue weighted by atomic mass is 16.4. The van der Waals surface area contributed by atoms with Crippen LogP contribution in [-0.2, 0) is 0 Å². The Hall–Kier alpha value is -1.82. The summed E-state index contributed by atoms with van der Waals surface area (Å²) >= 11 is 0. The van der Waals surface area contributed by atoms with Crippen molar-refractivity contribution >= 4 is 17.5 Å². The summed E-state index contributed by atoms with van der Waals surface area (Å²) < 4.78 is 0. The lowest BCUT2D eigenvalue weighted by atomic mass is 10.2. The minimum atomic E-state index is -1.02. The first kappa shape index (κ1) is 11.7. The van der Waals surface area contributed by atoms with Crippen LogP contribution >= 0.6 is 0 Å². The average Bonchev–Trinajstić information content (AvgIpc) is 2.67. The Morgan fingerprint density at radius 2 is 2.47 bits per heavy atom. The molecular formula is C11H16N4O2. The number of nitrogens with one attached hydrogen (secondary N) is 1. The Morgan fingerprint density at radius 1 is 1.71 bits per heavy atom. The summed E-state index contributed by atoms with van der Waals surface area (Å²) in [5, 5.41) is 12.0. The van der Waals surface area contributed by atoms with Gasteiger partial charge in [-0.1, -0.05) is 0 Å². The van der Waals surface area contributed by atoms with Gasteiger partial charge in [0, 0.05) is 18.8 Å². The monoisotopic (exact) mass is 236 g/mol. The fourth-order valence-corrected chi connectivity index (χ4v) is 1.97. The molecule has 2 heterocycles. The van der Waals surface area contributed by atoms with Gasteiger partial charge < -0.3 is 21.1 Å². The molecule has 0 aromatic carbocycles. The van der Waals surface area contributed by atoms with Crippen molar-refractivity contribution in [2.75, 3.05) is 31.2 Å². The van der Waals surface area contributed by atoms with E-state index in [4.69, 9.17) is 10.8 Å². The predicted octanol–water partition coefficient (Wildman–Crippen LogP) is 0.478. The van der Waals surface area contributed by atoms with E-state index in [1.807, 2.05) is 0 Å². The molecule has 1 aliphatic rings. The largest absolute Gasteiger partial charge is 0.478 e. The molecule has 1 aromatic heterocycles. The van der Waals surface area contributed by atoms with Crippen molar-refractivity contribution < 1.29 is 9.90 Å². The number of nitrogens with two attached hydrogens (primary N) is 1. The zero-order valence-corrected chi connectivity index (χ0v) is 9.68. The highest BCUT2D eigenvalue weighted by Gasteiger charge is 2.20. The molecule has 92 valence electrons. The minimum absolute atomic E-state index is 0.108. The first-order valence-corrected chi connectivity index (χ1v) is 5.50. The number of carboxylic acids is 1. The topological polar surface area (TPSA) is 91.5 Å². The average molecular weight is 236 g/mol. The first-order chi connectivity index (χ1) is 8.06. The number of nitrogens with zero attached hydrogens (tertiary/aromatic N) is 2. The number of nitrogen functional groups attached to an aromatic ring is 1. The van der Waals surface area contributed by atoms with Gasteiger partial charge in [0.2, 0.25) is 0 Å². The van der Waals surface area contributed by atoms with Crippen LogP contribution in [0.5, 0.6) is 0 Å². The normalized spacial score (nSPS) is 20.4. The number of likely N-dealkylation sites (N-methyl/N-ethyl adjacent to an activating group) is 1. The van der Waals surface area contributed by atoms with Gasteiger partial charge in [0.1, 0.15) is 5.82 Å². The van der Waals surface area contributed by atoms with Crippen molar-refractivity contribution in [1.29, 1.82) is 0 Å². The third kappa shape index (κ3) is 2.65. The summed E-state index contributed by atoms with van der Waals surface area (Å²) in [6.07, 6.45) is 2.36. The van der Waals surface area contributed by atoms with E-state index in [-0.39, 0.29) is 5.56 Å². The van der Waals surface area contributed by atoms with Crippen molar-refractivity contribution in [2.24, 2.45) is 0 Å². The number of aromatic carboxylic acids is 1. The molecule has 0 saturated carbocycles. The van der Waals surface area contributed by atoms with Crippen molar-refractivity contribution in [1.82, 2.24) is 9.88 Å². The lowest BCUT2D eigenvalue weighted by Gasteiger charge is -2.15. The quantitative estimate of drug-likeness (QED) is 0.707. The number of hydrogen-bond acceptors (Lipinski definition) is 5. The lowest BCUT2D eigenvalue weighted by molar-refractivity contribution is 0.0696. The molecule has 0 amide bonds. The molecule has 1 fully saturated rings. The summed E-state index contributed by atoms with van der Waals surface area (Å²) in [6, 6.07) is 1.75. The zero-order chi connectivity index (χ0) is 12.4. The zero-order valence-electron chi connectivity index (χ0n) is 9.68. The van der Waals surface area contributed by atoms with Crippen LogP contribution in [0.25, 0.3) is 0 Å². The van der Waals surface area contributed by atoms with Crippen LogP contribution in [0.3, 0.4) is 0 Å². The van der Waals surface area contributed by atoms with Gasteiger partial charge in [0.05, 0.1) is 11.3 Å². The van der Waals surface area contributed by atoms with Gasteiger partial charge in [0.15, 0.2) is 0 Å². The molecule has 0 aliphatic carbocycles. The van der Waals surface area contributed by atoms with Gasteiger partial charge >= 0.3 is 5.97 Å². The fourth-order valence-electron chi connectivity index (χ4n) is 1.97. The van der Waals surface area contributed by atoms with E-state index >= 15 is 0 Å². The lowest BCUT2D eigenvalue weighted by Crippen LogP contribution is -2.24. The van der Waals surface area contributed by atoms with Gasteiger partial charge in [0.25, 0.3) is 0 Å². The third-order valence-corrected chi connectivity index (χ3v) is 2.90. The van der Waals surface area contributed by atoms with Gasteiger partial charge in [-0.3, -0.25) is 0 Å². The summed E-state index contributed by atoms with van der Waals surface area (Å²) in [5.74, 6) is -0.452. The Balaban J connectivity index is 2.09. The molecule has 6 heteroatoms. The Labute approximate surface area is 99.4 Å². The number of hydrogen-bond donors (Lipinski definition) is 3. The molecule has 1 unspecified atom stereocenters. The molecule has 0 bridgehead atoms. The highest BCUT2D eigenvalue weighted by molar-refractivity contribution is 5.89. The predicted molar refractivity (Wildman–Crippen MR) is 65.1 cm³/mol. The van der Waals surface area contributed by atoms with E-state index in [1.54, 1.807) is 0 Å². The SMILES string of the molecule is CN1CCC(Nc2ncc(C(=O)O)cc2N)C1. The molecule has 1 aliphatic heterocycles. The highest BCUT2D eigenvalue weighted by Crippen LogP contribution is 2.20. The van der Waals surface area contributed by atoms with E-state index in [0.29, 0.717) is 17.5 Å². The second-order valence-electron chi connectivity index (χ2n) is 4.36. The van der Waals surface area contributed by atoms with Crippen molar-refractivity contribution in [3.8, 4) is 0 Å². The number of carbonyl (C=O) groups is 1. The first-order valence-electron chi connectivity index (χ1n) is 5.50. The molecule has 17 heavy (non-hydrogen) atoms. The number of carboxylic acid groups (broad SMARTS) is 1. The van der Waals surface area contributed by atoms with Crippen LogP contribution in [0, 0.1) is 0 Å². The summed E-state index contributed by atoms with van der Waals surface area (Å²) in [4.78, 5) is 17.0. The van der Waals surface area contributed by atoms with Gasteiger partial charge in [-0.25, -0.2) is 9.78 Å². The molecule has 6 nitrogen and oxygen atoms in total. The van der Waals surface area contributed by atoms with Gasteiger partial charge in [-0.2, -0.15) is 0 Å². The van der Waals surface area contributed by atoms with E-state index < -0.39 is 5.97 Å². The van der Waals surface area contributed by atoms with Crippen LogP contribution in [0.15, 0.2) is 12.3 Å². The molecule has 0 radical (unpaired) electrons. The molecule has 2 rings (SSSR count). The van der Waals surface area contributed by atoms with Crippen molar-refractivity contribution in [3.63, 3.8) is 0 Å². The van der Waals surface area contributed by atoms with Crippen LogP contribution in [-0.4, -0.2) is 47.1 Å². The maximum Gasteiger partial charge on any atom is 0.337 e. The molecule has 4 N–H and O–H groups in total. The van der Waals surface area contributed by atoms with E-state index in [1.165, 1.54) is 12.3 Å². The van der Waals surface area contributed by atoms with E-state index in [2.05, 4.69) is 22.2 Å². The van der Waals surface area contributed by atoms with Crippen LogP contribution in [0.4, 0.5) is 11.5 Å². The van der Waals surface area contributed by atoms with Gasteiger partial charge in [-0.05, 0) is 26.1 Å². The smallest absolute Gasteiger partial charge is 0.337 e. The molecule has 1 aromatic rings. The minimum Gasteiger partial charge on any atom is -0.478 e. The number of anilines is 2. The third-order valence-electron chi connectivity index (χ3n) is 2.90. The number of aromatic nitrogens is 1. The second-order valence-corrected chi connectivity index (χ2v) is 4.36. The summed E-state index contributed by atoms with van der Waals surface area (Å²) in [5.41, 5.74) is 6.25. The number of pyridine rings is 1. The van der Waals surface area contributed by atoms with Crippen molar-refractivity contribution in [3.05, 3.63) is 17.8 Å². The summed E-state index contributed by atoms with van der Waals surface area (Å²) in [7, 11) is 2.06. The van der Waals surface area contributed by atoms with E-state index in [9.17, 15) is 4.79 Å². The Bertz CT molecular complexity index is 435. The molecular weight excluding hydrogens is 220 g/mol. The molecule has 0 spiro atoms. The molecule has 1 atom stereocenters. The fraction of sp³-hybridized carbons (Fsp3) is 0.455. The van der Waals surface area contributed by atoms with E-state index in [0.717, 1.165) is 19.5 Å². The van der Waals surface area contributed by atoms with Crippen LogP contribution in [0.2, 0.25) is 0 Å². The van der Waals surface area contributed by atoms with Crippen LogP contribution < -0.4 is 11.1 Å². The number of likely N-dealkylation sites (tertiary alicyclic amines) is 1. The Morgan fingerprint density at radius 3 is 3.00 bits per heavy atom. The standard InChI is InChI=1S/C11H16N4O2/c1-15-3-2-8(6-15)14-10-9(12)4-7(5-13-10)11(16)17/h4-5,8H,2-3,6,12H2,1H3,(H,13,14)(H,16,17). The maximum absolute atomic E-state index is 10.7. The maximum atomic E-state index is 10.7.